The zero-order valence-electron chi connectivity index (χ0n) is 10.1. The van der Waals surface area contributed by atoms with Crippen LogP contribution in [0.1, 0.15) is 16.8 Å². The van der Waals surface area contributed by atoms with Crippen LogP contribution < -0.4 is 4.74 Å². The molecule has 0 fully saturated rings. The summed E-state index contributed by atoms with van der Waals surface area (Å²) in [5.41, 5.74) is 0.646. The second kappa shape index (κ2) is 8.73. The molecule has 0 N–H and O–H groups in total. The second-order valence-electron chi connectivity index (χ2n) is 3.49. The molecule has 1 aromatic rings. The van der Waals surface area contributed by atoms with Crippen molar-refractivity contribution in [3.63, 3.8) is 0 Å². The van der Waals surface area contributed by atoms with Gasteiger partial charge in [-0.15, -0.1) is 0 Å². The SMILES string of the molecule is COCCCOCCOc1ccc(C=O)cc1. The summed E-state index contributed by atoms with van der Waals surface area (Å²) in [4.78, 5) is 10.4. The van der Waals surface area contributed by atoms with Crippen LogP contribution in [0.2, 0.25) is 0 Å². The molecule has 0 amide bonds. The number of hydrogen-bond acceptors (Lipinski definition) is 4. The van der Waals surface area contributed by atoms with Crippen LogP contribution in [0.15, 0.2) is 24.3 Å². The molecule has 0 saturated heterocycles. The maximum atomic E-state index is 10.4. The van der Waals surface area contributed by atoms with Gasteiger partial charge in [-0.1, -0.05) is 0 Å². The largest absolute Gasteiger partial charge is 0.491 e. The molecule has 0 unspecified atom stereocenters. The van der Waals surface area contributed by atoms with Crippen molar-refractivity contribution in [2.45, 2.75) is 6.42 Å². The van der Waals surface area contributed by atoms with Gasteiger partial charge in [0.1, 0.15) is 18.6 Å². The van der Waals surface area contributed by atoms with E-state index in [9.17, 15) is 4.79 Å². The third-order valence-electron chi connectivity index (χ3n) is 2.15. The quantitative estimate of drug-likeness (QED) is 0.487. The van der Waals surface area contributed by atoms with Gasteiger partial charge in [-0.05, 0) is 30.7 Å². The first-order chi connectivity index (χ1) is 8.36. The van der Waals surface area contributed by atoms with Gasteiger partial charge in [-0.25, -0.2) is 0 Å². The molecule has 0 aromatic heterocycles. The molecule has 4 heteroatoms. The Kier molecular flexibility index (Phi) is 7.02. The van der Waals surface area contributed by atoms with Gasteiger partial charge in [0.05, 0.1) is 6.61 Å². The van der Waals surface area contributed by atoms with Crippen LogP contribution in [0.3, 0.4) is 0 Å². The predicted octanol–water partition coefficient (Wildman–Crippen LogP) is 1.93. The number of benzene rings is 1. The summed E-state index contributed by atoms with van der Waals surface area (Å²) >= 11 is 0. The van der Waals surface area contributed by atoms with Crippen LogP contribution in [0, 0.1) is 0 Å². The fourth-order valence-corrected chi connectivity index (χ4v) is 1.27. The molecule has 0 atom stereocenters. The minimum Gasteiger partial charge on any atom is -0.491 e. The Morgan fingerprint density at radius 1 is 1.06 bits per heavy atom. The highest BCUT2D eigenvalue weighted by atomic mass is 16.5. The van der Waals surface area contributed by atoms with Crippen LogP contribution in [0.4, 0.5) is 0 Å². The lowest BCUT2D eigenvalue weighted by molar-refractivity contribution is 0.0806. The molecule has 0 aliphatic heterocycles. The first kappa shape index (κ1) is 13.7. The summed E-state index contributed by atoms with van der Waals surface area (Å²) in [7, 11) is 1.67. The molecule has 0 bridgehead atoms. The topological polar surface area (TPSA) is 44.8 Å². The van der Waals surface area contributed by atoms with E-state index < -0.39 is 0 Å². The number of ether oxygens (including phenoxy) is 3. The molecule has 94 valence electrons. The highest BCUT2D eigenvalue weighted by Gasteiger charge is 1.95. The summed E-state index contributed by atoms with van der Waals surface area (Å²) < 4.78 is 15.7. The fourth-order valence-electron chi connectivity index (χ4n) is 1.27. The van der Waals surface area contributed by atoms with Crippen LogP contribution in [0.5, 0.6) is 5.75 Å². The zero-order chi connectivity index (χ0) is 12.3. The Bertz CT molecular complexity index is 308. The molecule has 0 aliphatic rings. The maximum Gasteiger partial charge on any atom is 0.150 e. The molecular weight excluding hydrogens is 220 g/mol. The molecular formula is C13H18O4. The molecule has 0 spiro atoms. The Morgan fingerprint density at radius 3 is 2.47 bits per heavy atom. The number of rotatable bonds is 9. The van der Waals surface area contributed by atoms with E-state index in [0.717, 1.165) is 18.5 Å². The molecule has 17 heavy (non-hydrogen) atoms. The molecule has 0 aliphatic carbocycles. The smallest absolute Gasteiger partial charge is 0.150 e. The molecule has 1 aromatic carbocycles. The van der Waals surface area contributed by atoms with Crippen LogP contribution >= 0.6 is 0 Å². The monoisotopic (exact) mass is 238 g/mol. The standard InChI is InChI=1S/C13H18O4/c1-15-7-2-8-16-9-10-17-13-5-3-12(11-14)4-6-13/h3-6,11H,2,7-10H2,1H3. The van der Waals surface area contributed by atoms with Gasteiger partial charge in [0.2, 0.25) is 0 Å². The van der Waals surface area contributed by atoms with Gasteiger partial charge in [-0.3, -0.25) is 4.79 Å². The Hall–Kier alpha value is -1.39. The third kappa shape index (κ3) is 6.04. The van der Waals surface area contributed by atoms with Gasteiger partial charge in [-0.2, -0.15) is 0 Å². The average Bonchev–Trinajstić information content (AvgIpc) is 2.38. The molecule has 0 saturated carbocycles. The minimum absolute atomic E-state index is 0.507. The Balaban J connectivity index is 2.07. The number of carbonyl (C=O) groups excluding carboxylic acids is 1. The van der Waals surface area contributed by atoms with E-state index in [-0.39, 0.29) is 0 Å². The number of carbonyl (C=O) groups is 1. The minimum atomic E-state index is 0.507. The summed E-state index contributed by atoms with van der Waals surface area (Å²) in [6.45, 7) is 2.46. The highest BCUT2D eigenvalue weighted by Crippen LogP contribution is 2.10. The normalized spacial score (nSPS) is 10.2. The van der Waals surface area contributed by atoms with Gasteiger partial charge < -0.3 is 14.2 Å². The Labute approximate surface area is 101 Å². The zero-order valence-corrected chi connectivity index (χ0v) is 10.1. The van der Waals surface area contributed by atoms with Gasteiger partial charge >= 0.3 is 0 Å². The van der Waals surface area contributed by atoms with Crippen LogP contribution in [-0.2, 0) is 9.47 Å². The summed E-state index contributed by atoms with van der Waals surface area (Å²) in [5, 5.41) is 0. The van der Waals surface area contributed by atoms with Crippen molar-refractivity contribution in [3.8, 4) is 5.75 Å². The van der Waals surface area contributed by atoms with Crippen molar-refractivity contribution in [2.75, 3.05) is 33.5 Å². The van der Waals surface area contributed by atoms with Crippen molar-refractivity contribution in [1.82, 2.24) is 0 Å². The van der Waals surface area contributed by atoms with Crippen molar-refractivity contribution in [3.05, 3.63) is 29.8 Å². The number of hydrogen-bond donors (Lipinski definition) is 0. The molecule has 4 nitrogen and oxygen atoms in total. The van der Waals surface area contributed by atoms with E-state index in [1.165, 1.54) is 0 Å². The van der Waals surface area contributed by atoms with E-state index in [1.807, 2.05) is 0 Å². The van der Waals surface area contributed by atoms with E-state index in [4.69, 9.17) is 14.2 Å². The lowest BCUT2D eigenvalue weighted by atomic mass is 10.2. The summed E-state index contributed by atoms with van der Waals surface area (Å²) in [6.07, 6.45) is 1.70. The van der Waals surface area contributed by atoms with Crippen LogP contribution in [-0.4, -0.2) is 39.8 Å². The first-order valence-electron chi connectivity index (χ1n) is 5.61. The van der Waals surface area contributed by atoms with Crippen molar-refractivity contribution in [2.24, 2.45) is 0 Å². The van der Waals surface area contributed by atoms with E-state index in [2.05, 4.69) is 0 Å². The predicted molar refractivity (Wildman–Crippen MR) is 64.6 cm³/mol. The third-order valence-corrected chi connectivity index (χ3v) is 2.15. The number of aldehydes is 1. The van der Waals surface area contributed by atoms with Crippen molar-refractivity contribution >= 4 is 6.29 Å². The van der Waals surface area contributed by atoms with Crippen LogP contribution in [0.25, 0.3) is 0 Å². The second-order valence-corrected chi connectivity index (χ2v) is 3.49. The summed E-state index contributed by atoms with van der Waals surface area (Å²) in [5.74, 6) is 0.746. The number of methoxy groups -OCH3 is 1. The molecule has 0 heterocycles. The van der Waals surface area contributed by atoms with Crippen molar-refractivity contribution in [1.29, 1.82) is 0 Å². The highest BCUT2D eigenvalue weighted by molar-refractivity contribution is 5.74. The van der Waals surface area contributed by atoms with E-state index in [0.29, 0.717) is 32.0 Å². The summed E-state index contributed by atoms with van der Waals surface area (Å²) in [6, 6.07) is 6.99. The average molecular weight is 238 g/mol. The van der Waals surface area contributed by atoms with Gasteiger partial charge in [0, 0.05) is 25.9 Å². The maximum absolute atomic E-state index is 10.4. The van der Waals surface area contributed by atoms with Gasteiger partial charge in [0.15, 0.2) is 0 Å². The van der Waals surface area contributed by atoms with Crippen molar-refractivity contribution < 1.29 is 19.0 Å². The lowest BCUT2D eigenvalue weighted by Crippen LogP contribution is -2.08. The molecule has 1 rings (SSSR count). The Morgan fingerprint density at radius 2 is 1.82 bits per heavy atom. The van der Waals surface area contributed by atoms with E-state index >= 15 is 0 Å². The lowest BCUT2D eigenvalue weighted by Gasteiger charge is -2.07. The fraction of sp³-hybridized carbons (Fsp3) is 0.462. The molecule has 0 radical (unpaired) electrons. The van der Waals surface area contributed by atoms with E-state index in [1.54, 1.807) is 31.4 Å². The van der Waals surface area contributed by atoms with Gasteiger partial charge in [0.25, 0.3) is 0 Å². The first-order valence-corrected chi connectivity index (χ1v) is 5.61.